The zero-order valence-corrected chi connectivity index (χ0v) is 35.8. The van der Waals surface area contributed by atoms with Gasteiger partial charge in [-0.25, -0.2) is 5.48 Å². The largest absolute Gasteiger partial charge is 0.481 e. The van der Waals surface area contributed by atoms with Gasteiger partial charge in [0.05, 0.1) is 68.2 Å². The number of amides is 1. The number of nitrogens with one attached hydrogen (secondary N) is 2. The molecule has 14 nitrogen and oxygen atoms in total. The van der Waals surface area contributed by atoms with Crippen LogP contribution in [0.4, 0.5) is 0 Å². The molecule has 6 saturated carbocycles. The first-order valence-corrected chi connectivity index (χ1v) is 23.8. The molecule has 0 aromatic heterocycles. The average Bonchev–Trinajstić information content (AvgIpc) is 3.27. The third-order valence-corrected chi connectivity index (χ3v) is 15.4. The van der Waals surface area contributed by atoms with Crippen molar-refractivity contribution < 1.29 is 58.3 Å². The number of esters is 2. The van der Waals surface area contributed by atoms with Gasteiger partial charge in [0.15, 0.2) is 0 Å². The van der Waals surface area contributed by atoms with Crippen molar-refractivity contribution in [3.63, 3.8) is 0 Å². The third-order valence-electron chi connectivity index (χ3n) is 15.4. The smallest absolute Gasteiger partial charge is 0.308 e. The lowest BCUT2D eigenvalue weighted by Gasteiger charge is -2.42. The number of aliphatic carboxylic acids is 2. The lowest BCUT2D eigenvalue weighted by molar-refractivity contribution is -0.158. The van der Waals surface area contributed by atoms with Crippen LogP contribution < -0.4 is 10.8 Å². The Bertz CT molecular complexity index is 1380. The molecule has 0 spiro atoms. The molecule has 5 N–H and O–H groups in total. The highest BCUT2D eigenvalue weighted by Gasteiger charge is 2.46. The number of carbonyl (C=O) groups is 5. The molecule has 1 amide bonds. The van der Waals surface area contributed by atoms with E-state index in [0.717, 1.165) is 89.9 Å². The van der Waals surface area contributed by atoms with Crippen molar-refractivity contribution in [2.75, 3.05) is 26.4 Å². The van der Waals surface area contributed by atoms with Gasteiger partial charge in [0.2, 0.25) is 5.91 Å². The highest BCUT2D eigenvalue weighted by atomic mass is 16.5. The molecule has 0 aromatic carbocycles. The lowest BCUT2D eigenvalue weighted by atomic mass is 9.66. The molecule has 0 bridgehead atoms. The number of ether oxygens (including phenoxy) is 4. The van der Waals surface area contributed by atoms with Gasteiger partial charge >= 0.3 is 23.9 Å². The van der Waals surface area contributed by atoms with Crippen molar-refractivity contribution in [2.24, 2.45) is 53.3 Å². The van der Waals surface area contributed by atoms with Crippen LogP contribution in [0.1, 0.15) is 154 Å². The zero-order valence-electron chi connectivity index (χ0n) is 35.8. The maximum absolute atomic E-state index is 13.5. The van der Waals surface area contributed by atoms with Crippen molar-refractivity contribution in [3.8, 4) is 0 Å². The van der Waals surface area contributed by atoms with E-state index in [1.807, 2.05) is 0 Å². The number of hydroxylamine groups is 1. The summed E-state index contributed by atoms with van der Waals surface area (Å²) >= 11 is 0. The van der Waals surface area contributed by atoms with Crippen molar-refractivity contribution in [3.05, 3.63) is 0 Å². The lowest BCUT2D eigenvalue weighted by Crippen LogP contribution is -2.50. The number of hydrogen-bond acceptors (Lipinski definition) is 11. The third kappa shape index (κ3) is 13.3. The molecule has 0 radical (unpaired) electrons. The molecular formula is C46H74N2O12. The van der Waals surface area contributed by atoms with Crippen LogP contribution in [-0.2, 0) is 42.9 Å². The van der Waals surface area contributed by atoms with E-state index < -0.39 is 41.7 Å². The fourth-order valence-electron chi connectivity index (χ4n) is 11.7. The zero-order chi connectivity index (χ0) is 42.4. The molecule has 0 aromatic rings. The van der Waals surface area contributed by atoms with E-state index in [-0.39, 0.29) is 66.7 Å². The van der Waals surface area contributed by atoms with Gasteiger partial charge in [-0.05, 0) is 139 Å². The predicted molar refractivity (Wildman–Crippen MR) is 220 cm³/mol. The highest BCUT2D eigenvalue weighted by Crippen LogP contribution is 2.42. The maximum Gasteiger partial charge on any atom is 0.308 e. The van der Waals surface area contributed by atoms with Crippen molar-refractivity contribution in [1.29, 1.82) is 0 Å². The van der Waals surface area contributed by atoms with Gasteiger partial charge < -0.3 is 39.7 Å². The Morgan fingerprint density at radius 3 is 1.52 bits per heavy atom. The Kier molecular flexibility index (Phi) is 18.4. The van der Waals surface area contributed by atoms with E-state index in [2.05, 4.69) is 10.8 Å². The Hall–Kier alpha value is -2.81. The maximum atomic E-state index is 13.5. The van der Waals surface area contributed by atoms with Crippen molar-refractivity contribution in [2.45, 2.75) is 178 Å². The summed E-state index contributed by atoms with van der Waals surface area (Å²) in [5.41, 5.74) is 2.49. The van der Waals surface area contributed by atoms with Crippen molar-refractivity contribution in [1.82, 2.24) is 10.8 Å². The van der Waals surface area contributed by atoms with Gasteiger partial charge in [0.25, 0.3) is 0 Å². The van der Waals surface area contributed by atoms with Crippen LogP contribution >= 0.6 is 0 Å². The van der Waals surface area contributed by atoms with Gasteiger partial charge in [-0.1, -0.05) is 38.5 Å². The summed E-state index contributed by atoms with van der Waals surface area (Å²) in [5, 5.41) is 33.5. The fourth-order valence-corrected chi connectivity index (χ4v) is 11.7. The van der Waals surface area contributed by atoms with E-state index in [1.54, 1.807) is 0 Å². The topological polar surface area (TPSA) is 207 Å². The molecule has 7 atom stereocenters. The van der Waals surface area contributed by atoms with Gasteiger partial charge in [-0.3, -0.25) is 24.0 Å². The first-order valence-electron chi connectivity index (χ1n) is 23.8. The van der Waals surface area contributed by atoms with Gasteiger partial charge in [-0.15, -0.1) is 0 Å². The Morgan fingerprint density at radius 2 is 1.02 bits per heavy atom. The van der Waals surface area contributed by atoms with Gasteiger partial charge in [-0.2, -0.15) is 0 Å². The molecule has 7 unspecified atom stereocenters. The summed E-state index contributed by atoms with van der Waals surface area (Å²) in [6.07, 6.45) is 19.9. The molecule has 6 rings (SSSR count). The summed E-state index contributed by atoms with van der Waals surface area (Å²) in [6.45, 7) is 1.76. The molecule has 14 heteroatoms. The first-order chi connectivity index (χ1) is 29.1. The number of rotatable bonds is 18. The molecule has 60 heavy (non-hydrogen) atoms. The second-order valence-corrected chi connectivity index (χ2v) is 19.4. The van der Waals surface area contributed by atoms with E-state index in [9.17, 15) is 39.4 Å². The summed E-state index contributed by atoms with van der Waals surface area (Å²) in [7, 11) is 0. The number of carbonyl (C=O) groups excluding carboxylic acids is 3. The highest BCUT2D eigenvalue weighted by molar-refractivity contribution is 5.86. The van der Waals surface area contributed by atoms with Crippen LogP contribution in [0.2, 0.25) is 0 Å². The minimum atomic E-state index is -0.992. The van der Waals surface area contributed by atoms with Crippen LogP contribution in [0.5, 0.6) is 0 Å². The molecule has 6 aliphatic carbocycles. The Balaban J connectivity index is 0.866. The SMILES string of the molecule is O=C(OCC1CCCCC1)C1CCC(C(=O)O)C(C(=O)NC2CCC(OCCOC3CCC(C(NO)C4CC(C(=O)OCC5CCCCC5)CCC4C(=O)O)CC3)CC2)C1. The number of carboxylic acid groups (broad SMARTS) is 2. The quantitative estimate of drug-likeness (QED) is 0.0545. The summed E-state index contributed by atoms with van der Waals surface area (Å²) in [6, 6.07) is -0.499. The molecule has 6 aliphatic rings. The van der Waals surface area contributed by atoms with E-state index in [0.29, 0.717) is 63.9 Å². The van der Waals surface area contributed by atoms with Crippen LogP contribution in [0.25, 0.3) is 0 Å². The van der Waals surface area contributed by atoms with Gasteiger partial charge in [0.1, 0.15) is 0 Å². The second kappa shape index (κ2) is 23.6. The number of hydrogen-bond donors (Lipinski definition) is 5. The number of carboxylic acids is 2. The molecule has 6 fully saturated rings. The fraction of sp³-hybridized carbons (Fsp3) is 0.891. The monoisotopic (exact) mass is 847 g/mol. The van der Waals surface area contributed by atoms with Crippen LogP contribution in [0.3, 0.4) is 0 Å². The summed E-state index contributed by atoms with van der Waals surface area (Å²) in [5.74, 6) is -5.18. The standard InChI is InChI=1S/C46H74N2O12/c49-42(40-26-33(14-22-38(40)44(52)53)46(55)60-28-30-9-5-2-6-10-30)47-34-15-19-36(20-16-34)58-24-23-57-35-17-11-31(12-18-35)41(48-56)39-25-32(13-21-37(39)43(50)51)45(54)59-27-29-7-3-1-4-8-29/h29-41,48,56H,1-28H2,(H,47,49)(H,50,51)(H,52,53). The second-order valence-electron chi connectivity index (χ2n) is 19.4. The van der Waals surface area contributed by atoms with E-state index in [4.69, 9.17) is 18.9 Å². The Morgan fingerprint density at radius 1 is 0.533 bits per heavy atom. The van der Waals surface area contributed by atoms with E-state index in [1.165, 1.54) is 25.7 Å². The molecule has 0 aliphatic heterocycles. The minimum absolute atomic E-state index is 0.0460. The van der Waals surface area contributed by atoms with Crippen molar-refractivity contribution >= 4 is 29.8 Å². The molecule has 0 saturated heterocycles. The molecule has 0 heterocycles. The van der Waals surface area contributed by atoms with Gasteiger partial charge in [0, 0.05) is 12.1 Å². The van der Waals surface area contributed by atoms with Crippen LogP contribution in [0.15, 0.2) is 0 Å². The van der Waals surface area contributed by atoms with Crippen LogP contribution in [0, 0.1) is 53.3 Å². The predicted octanol–water partition coefficient (Wildman–Crippen LogP) is 6.83. The Labute approximate surface area is 356 Å². The summed E-state index contributed by atoms with van der Waals surface area (Å²) < 4.78 is 23.8. The minimum Gasteiger partial charge on any atom is -0.481 e. The molecular weight excluding hydrogens is 773 g/mol. The summed E-state index contributed by atoms with van der Waals surface area (Å²) in [4.78, 5) is 63.9. The van der Waals surface area contributed by atoms with Crippen LogP contribution in [-0.4, -0.2) is 95.9 Å². The molecule has 340 valence electrons. The average molecular weight is 847 g/mol. The normalized spacial score (nSPS) is 33.9. The van der Waals surface area contributed by atoms with E-state index >= 15 is 0 Å². The first kappa shape index (κ1) is 46.7.